The number of nitrogens with zero attached hydrogens (tertiary/aromatic N) is 4. The highest BCUT2D eigenvalue weighted by molar-refractivity contribution is 5.81. The molecule has 216 valence electrons. The molecule has 0 amide bonds. The normalized spacial score (nSPS) is 27.9. The van der Waals surface area contributed by atoms with E-state index >= 15 is 0 Å². The van der Waals surface area contributed by atoms with Gasteiger partial charge in [-0.05, 0) is 41.7 Å². The van der Waals surface area contributed by atoms with Crippen molar-refractivity contribution in [3.8, 4) is 11.8 Å². The molecular weight excluding hydrogens is 504 g/mol. The first-order valence-corrected chi connectivity index (χ1v) is 14.7. The molecule has 4 heterocycles. The van der Waals surface area contributed by atoms with Crippen molar-refractivity contribution in [1.82, 2.24) is 9.97 Å². The Kier molecular flexibility index (Phi) is 7.98. The summed E-state index contributed by atoms with van der Waals surface area (Å²) in [7, 11) is 1.67. The fourth-order valence-corrected chi connectivity index (χ4v) is 6.80. The van der Waals surface area contributed by atoms with Crippen molar-refractivity contribution in [2.24, 2.45) is 23.2 Å². The summed E-state index contributed by atoms with van der Waals surface area (Å²) in [4.78, 5) is 25.3. The summed E-state index contributed by atoms with van der Waals surface area (Å²) in [5.41, 5.74) is 4.86. The van der Waals surface area contributed by atoms with Crippen molar-refractivity contribution < 1.29 is 19.4 Å². The predicted molar refractivity (Wildman–Crippen MR) is 158 cm³/mol. The van der Waals surface area contributed by atoms with Crippen molar-refractivity contribution in [2.45, 2.75) is 72.4 Å². The minimum atomic E-state index is -0.759. The second-order valence-electron chi connectivity index (χ2n) is 12.7. The molecule has 0 spiro atoms. The molecular formula is C32H44N4O4. The van der Waals surface area contributed by atoms with Crippen LogP contribution >= 0.6 is 0 Å². The highest BCUT2D eigenvalue weighted by Crippen LogP contribution is 2.47. The van der Waals surface area contributed by atoms with E-state index in [0.29, 0.717) is 29.5 Å². The zero-order valence-corrected chi connectivity index (χ0v) is 24.8. The van der Waals surface area contributed by atoms with E-state index in [2.05, 4.69) is 66.5 Å². The molecule has 0 bridgehead atoms. The van der Waals surface area contributed by atoms with Gasteiger partial charge in [-0.1, -0.05) is 40.7 Å². The number of pyridine rings is 2. The molecule has 8 heteroatoms. The van der Waals surface area contributed by atoms with Crippen molar-refractivity contribution >= 4 is 22.9 Å². The van der Waals surface area contributed by atoms with E-state index < -0.39 is 5.97 Å². The first-order chi connectivity index (χ1) is 19.1. The van der Waals surface area contributed by atoms with E-state index in [1.165, 1.54) is 16.8 Å². The summed E-state index contributed by atoms with van der Waals surface area (Å²) in [5.74, 6) is 1.54. The molecule has 2 aromatic heterocycles. The molecule has 2 fully saturated rings. The van der Waals surface area contributed by atoms with Crippen molar-refractivity contribution in [3.63, 3.8) is 0 Å². The van der Waals surface area contributed by atoms with Gasteiger partial charge in [-0.15, -0.1) is 0 Å². The van der Waals surface area contributed by atoms with Gasteiger partial charge in [0.1, 0.15) is 6.10 Å². The molecule has 1 aliphatic carbocycles. The number of carbonyl (C=O) groups is 1. The van der Waals surface area contributed by atoms with Crippen LogP contribution in [0.5, 0.6) is 11.8 Å². The van der Waals surface area contributed by atoms with Crippen molar-refractivity contribution in [1.29, 1.82) is 0 Å². The van der Waals surface area contributed by atoms with Gasteiger partial charge in [0.05, 0.1) is 31.1 Å². The summed E-state index contributed by atoms with van der Waals surface area (Å²) < 4.78 is 11.9. The number of aliphatic carboxylic acids is 1. The number of allylic oxidation sites excluding steroid dienone is 2. The third kappa shape index (κ3) is 5.63. The number of aromatic nitrogens is 2. The SMILES string of the molecule is COc1cc(N2CCC(Oc3ccc(N4CC(C)C(C)C4CC(=O)O)cn3)C(C)C2)c(C2=CCCC2(C)C)cn1. The molecule has 2 aromatic rings. The maximum absolute atomic E-state index is 11.5. The largest absolute Gasteiger partial charge is 0.481 e. The van der Waals surface area contributed by atoms with E-state index in [0.717, 1.165) is 44.6 Å². The number of carboxylic acids is 1. The fraction of sp³-hybridized carbons (Fsp3) is 0.594. The molecule has 5 unspecified atom stereocenters. The Bertz CT molecular complexity index is 1240. The van der Waals surface area contributed by atoms with Crippen LogP contribution < -0.4 is 19.3 Å². The van der Waals surface area contributed by atoms with Gasteiger partial charge >= 0.3 is 5.97 Å². The molecule has 1 N–H and O–H groups in total. The Morgan fingerprint density at radius 2 is 1.88 bits per heavy atom. The molecule has 0 radical (unpaired) electrons. The molecule has 0 saturated carbocycles. The Balaban J connectivity index is 1.27. The standard InChI is InChI=1S/C32H44N4O4/c1-20-19-36(26(22(20)3)15-31(37)38)23-9-10-29(33-16-23)40-28-11-13-35(18-21(28)2)27-14-30(39-6)34-17-24(27)25-8-7-12-32(25,4)5/h8-10,14,16-17,20-22,26,28H,7,11-13,15,18-19H2,1-6H3,(H,37,38). The van der Waals surface area contributed by atoms with Crippen LogP contribution in [0.4, 0.5) is 11.4 Å². The van der Waals surface area contributed by atoms with Gasteiger partial charge in [-0.2, -0.15) is 0 Å². The summed E-state index contributed by atoms with van der Waals surface area (Å²) in [6.07, 6.45) is 9.53. The second-order valence-corrected chi connectivity index (χ2v) is 12.7. The molecule has 0 aromatic carbocycles. The Morgan fingerprint density at radius 1 is 1.10 bits per heavy atom. The molecule has 2 saturated heterocycles. The number of hydrogen-bond donors (Lipinski definition) is 1. The Labute approximate surface area is 238 Å². The topological polar surface area (TPSA) is 88.0 Å². The van der Waals surface area contributed by atoms with Gasteiger partial charge in [-0.25, -0.2) is 9.97 Å². The Morgan fingerprint density at radius 3 is 2.50 bits per heavy atom. The van der Waals surface area contributed by atoms with Crippen LogP contribution in [-0.2, 0) is 4.79 Å². The number of rotatable bonds is 8. The lowest BCUT2D eigenvalue weighted by atomic mass is 9.81. The summed E-state index contributed by atoms with van der Waals surface area (Å²) >= 11 is 0. The monoisotopic (exact) mass is 548 g/mol. The van der Waals surface area contributed by atoms with E-state index in [-0.39, 0.29) is 24.0 Å². The van der Waals surface area contributed by atoms with Gasteiger partial charge in [0, 0.05) is 61.9 Å². The van der Waals surface area contributed by atoms with E-state index in [1.54, 1.807) is 7.11 Å². The summed E-state index contributed by atoms with van der Waals surface area (Å²) in [5, 5.41) is 9.43. The third-order valence-corrected chi connectivity index (χ3v) is 9.47. The van der Waals surface area contributed by atoms with Gasteiger partial charge in [0.25, 0.3) is 0 Å². The molecule has 2 aliphatic heterocycles. The van der Waals surface area contributed by atoms with Crippen LogP contribution in [0.15, 0.2) is 36.7 Å². The van der Waals surface area contributed by atoms with Gasteiger partial charge in [0.2, 0.25) is 11.8 Å². The highest BCUT2D eigenvalue weighted by atomic mass is 16.5. The van der Waals surface area contributed by atoms with Crippen LogP contribution in [0.25, 0.3) is 5.57 Å². The van der Waals surface area contributed by atoms with E-state index in [1.807, 2.05) is 24.5 Å². The average Bonchev–Trinajstić information content (AvgIpc) is 3.42. The molecule has 8 nitrogen and oxygen atoms in total. The number of carboxylic acid groups (broad SMARTS) is 1. The number of ether oxygens (including phenoxy) is 2. The lowest BCUT2D eigenvalue weighted by Gasteiger charge is -2.39. The zero-order valence-electron chi connectivity index (χ0n) is 24.8. The maximum atomic E-state index is 11.5. The summed E-state index contributed by atoms with van der Waals surface area (Å²) in [6.45, 7) is 13.8. The fourth-order valence-electron chi connectivity index (χ4n) is 6.80. The number of piperidine rings is 1. The van der Waals surface area contributed by atoms with E-state index in [4.69, 9.17) is 9.47 Å². The van der Waals surface area contributed by atoms with Gasteiger partial charge in [0.15, 0.2) is 0 Å². The minimum absolute atomic E-state index is 0.0207. The smallest absolute Gasteiger partial charge is 0.305 e. The van der Waals surface area contributed by atoms with Crippen LogP contribution in [0.2, 0.25) is 0 Å². The number of anilines is 2. The zero-order chi connectivity index (χ0) is 28.6. The predicted octanol–water partition coefficient (Wildman–Crippen LogP) is 5.92. The first kappa shape index (κ1) is 28.2. The number of methoxy groups -OCH3 is 1. The average molecular weight is 549 g/mol. The van der Waals surface area contributed by atoms with Crippen LogP contribution in [-0.4, -0.2) is 59.9 Å². The second kappa shape index (κ2) is 11.3. The highest BCUT2D eigenvalue weighted by Gasteiger charge is 2.38. The van der Waals surface area contributed by atoms with Crippen LogP contribution in [0.1, 0.15) is 65.9 Å². The lowest BCUT2D eigenvalue weighted by Crippen LogP contribution is -2.45. The van der Waals surface area contributed by atoms with Crippen molar-refractivity contribution in [3.05, 3.63) is 42.2 Å². The summed E-state index contributed by atoms with van der Waals surface area (Å²) in [6, 6.07) is 6.01. The lowest BCUT2D eigenvalue weighted by molar-refractivity contribution is -0.137. The first-order valence-electron chi connectivity index (χ1n) is 14.7. The van der Waals surface area contributed by atoms with Crippen LogP contribution in [0, 0.1) is 23.2 Å². The van der Waals surface area contributed by atoms with Gasteiger partial charge in [-0.3, -0.25) is 4.79 Å². The third-order valence-electron chi connectivity index (χ3n) is 9.47. The molecule has 3 aliphatic rings. The Hall–Kier alpha value is -3.29. The van der Waals surface area contributed by atoms with Gasteiger partial charge < -0.3 is 24.4 Å². The van der Waals surface area contributed by atoms with Crippen LogP contribution in [0.3, 0.4) is 0 Å². The maximum Gasteiger partial charge on any atom is 0.305 e. The quantitative estimate of drug-likeness (QED) is 0.435. The molecule has 40 heavy (non-hydrogen) atoms. The number of hydrogen-bond acceptors (Lipinski definition) is 7. The van der Waals surface area contributed by atoms with E-state index in [9.17, 15) is 9.90 Å². The minimum Gasteiger partial charge on any atom is -0.481 e. The molecule has 5 atom stereocenters. The van der Waals surface area contributed by atoms with Crippen molar-refractivity contribution in [2.75, 3.05) is 36.5 Å². The molecule has 5 rings (SSSR count).